The number of carbonyl (C=O) groups excluding carboxylic acids is 3. The first-order valence-corrected chi connectivity index (χ1v) is 13.8. The number of nitrogens with two attached hydrogens (primary N) is 1. The zero-order valence-electron chi connectivity index (χ0n) is 23.1. The molecule has 5 aliphatic rings. The molecule has 1 aromatic rings. The highest BCUT2D eigenvalue weighted by molar-refractivity contribution is 5.97. The lowest BCUT2D eigenvalue weighted by atomic mass is 9.48. The second-order valence-corrected chi connectivity index (χ2v) is 12.9. The van der Waals surface area contributed by atoms with Crippen LogP contribution in [0.3, 0.4) is 0 Å². The Morgan fingerprint density at radius 1 is 1.21 bits per heavy atom. The van der Waals surface area contributed by atoms with E-state index in [9.17, 15) is 14.4 Å². The van der Waals surface area contributed by atoms with E-state index in [1.54, 1.807) is 19.3 Å². The average Bonchev–Trinajstić information content (AvgIpc) is 3.38. The second-order valence-electron chi connectivity index (χ2n) is 12.9. The van der Waals surface area contributed by atoms with Crippen LogP contribution in [-0.2, 0) is 9.53 Å². The summed E-state index contributed by atoms with van der Waals surface area (Å²) >= 11 is 0. The number of hydrogen-bond acceptors (Lipinski definition) is 6. The zero-order chi connectivity index (χ0) is 27.5. The van der Waals surface area contributed by atoms with Crippen LogP contribution >= 0.6 is 0 Å². The minimum atomic E-state index is -0.756. The van der Waals surface area contributed by atoms with E-state index in [1.165, 1.54) is 10.9 Å². The molecule has 0 aliphatic heterocycles. The third-order valence-electron chi connectivity index (χ3n) is 9.31. The molecule has 10 nitrogen and oxygen atoms in total. The molecule has 10 heteroatoms. The number of carbonyl (C=O) groups is 3. The third-order valence-corrected chi connectivity index (χ3v) is 9.31. The molecule has 1 aromatic heterocycles. The van der Waals surface area contributed by atoms with Gasteiger partial charge in [-0.3, -0.25) is 9.59 Å². The molecular weight excluding hydrogens is 486 g/mol. The molecule has 3 unspecified atom stereocenters. The highest BCUT2D eigenvalue weighted by Crippen LogP contribution is 2.73. The van der Waals surface area contributed by atoms with Gasteiger partial charge in [-0.1, -0.05) is 19.9 Å². The molecule has 1 heterocycles. The molecule has 5 fully saturated rings. The van der Waals surface area contributed by atoms with Gasteiger partial charge in [0.2, 0.25) is 11.8 Å². The molecule has 0 radical (unpaired) electrons. The second kappa shape index (κ2) is 9.31. The monoisotopic (exact) mass is 527 g/mol. The molecule has 6 rings (SSSR count). The number of aromatic nitrogens is 2. The van der Waals surface area contributed by atoms with Crippen molar-refractivity contribution >= 4 is 24.1 Å². The lowest BCUT2D eigenvalue weighted by molar-refractivity contribution is -0.161. The van der Waals surface area contributed by atoms with Gasteiger partial charge in [-0.15, -0.1) is 0 Å². The largest absolute Gasteiger partial charge is 0.477 e. The van der Waals surface area contributed by atoms with Crippen molar-refractivity contribution < 1.29 is 23.9 Å². The predicted molar refractivity (Wildman–Crippen MR) is 141 cm³/mol. The SMILES string of the molecule is CNC(=O)C(C)(C)/C=C/n1ncc(C(=O)NC2CC23C2CC4CC3CC(OC(N)=O)(C4)C2)c1OCC(C)C. The number of hydrogen-bond donors (Lipinski definition) is 3. The van der Waals surface area contributed by atoms with Crippen LogP contribution in [0.5, 0.6) is 5.88 Å². The number of primary amides is 1. The fourth-order valence-electron chi connectivity index (χ4n) is 7.67. The Morgan fingerprint density at radius 2 is 1.89 bits per heavy atom. The first-order chi connectivity index (χ1) is 17.9. The fourth-order valence-corrected chi connectivity index (χ4v) is 7.67. The molecule has 4 N–H and O–H groups in total. The zero-order valence-corrected chi connectivity index (χ0v) is 23.1. The number of ether oxygens (including phenoxy) is 2. The molecule has 5 aliphatic carbocycles. The molecule has 208 valence electrons. The summed E-state index contributed by atoms with van der Waals surface area (Å²) in [5, 5.41) is 10.4. The van der Waals surface area contributed by atoms with E-state index in [-0.39, 0.29) is 29.2 Å². The third kappa shape index (κ3) is 4.56. The molecule has 1 spiro atoms. The Labute approximate surface area is 224 Å². The number of amides is 3. The smallest absolute Gasteiger partial charge is 0.405 e. The van der Waals surface area contributed by atoms with Crippen LogP contribution in [0.1, 0.15) is 76.6 Å². The van der Waals surface area contributed by atoms with Gasteiger partial charge in [-0.2, -0.15) is 5.10 Å². The highest BCUT2D eigenvalue weighted by Gasteiger charge is 2.72. The number of rotatable bonds is 9. The molecule has 3 amide bonds. The first-order valence-electron chi connectivity index (χ1n) is 13.8. The Balaban J connectivity index is 1.32. The Bertz CT molecular complexity index is 1140. The van der Waals surface area contributed by atoms with Crippen LogP contribution in [0.2, 0.25) is 0 Å². The molecule has 5 saturated carbocycles. The van der Waals surface area contributed by atoms with E-state index in [2.05, 4.69) is 15.7 Å². The van der Waals surface area contributed by atoms with E-state index < -0.39 is 17.1 Å². The summed E-state index contributed by atoms with van der Waals surface area (Å²) in [6.07, 6.45) is 10.1. The van der Waals surface area contributed by atoms with Crippen molar-refractivity contribution in [2.45, 2.75) is 77.9 Å². The van der Waals surface area contributed by atoms with Gasteiger partial charge in [-0.05, 0) is 81.5 Å². The van der Waals surface area contributed by atoms with Gasteiger partial charge in [-0.25, -0.2) is 9.48 Å². The minimum absolute atomic E-state index is 0.0729. The van der Waals surface area contributed by atoms with Gasteiger partial charge in [0.25, 0.3) is 5.91 Å². The van der Waals surface area contributed by atoms with E-state index in [4.69, 9.17) is 15.2 Å². The summed E-state index contributed by atoms with van der Waals surface area (Å²) in [5.74, 6) is 1.72. The molecule has 4 bridgehead atoms. The van der Waals surface area contributed by atoms with Crippen molar-refractivity contribution in [2.24, 2.45) is 40.2 Å². The van der Waals surface area contributed by atoms with E-state index in [1.807, 2.05) is 27.7 Å². The first kappa shape index (κ1) is 26.6. The number of nitrogens with zero attached hydrogens (tertiary/aromatic N) is 2. The summed E-state index contributed by atoms with van der Waals surface area (Å²) in [6.45, 7) is 8.13. The Kier molecular flexibility index (Phi) is 6.51. The van der Waals surface area contributed by atoms with Gasteiger partial charge in [0, 0.05) is 19.3 Å². The number of nitrogens with one attached hydrogen (secondary N) is 2. The molecule has 0 saturated heterocycles. The Hall–Kier alpha value is -3.04. The summed E-state index contributed by atoms with van der Waals surface area (Å²) < 4.78 is 13.3. The van der Waals surface area contributed by atoms with Gasteiger partial charge < -0.3 is 25.8 Å². The maximum Gasteiger partial charge on any atom is 0.405 e. The fraction of sp³-hybridized carbons (Fsp3) is 0.714. The molecule has 0 aromatic carbocycles. The van der Waals surface area contributed by atoms with Gasteiger partial charge in [0.15, 0.2) is 0 Å². The van der Waals surface area contributed by atoms with Crippen LogP contribution in [0.25, 0.3) is 6.20 Å². The van der Waals surface area contributed by atoms with Crippen LogP contribution in [0.4, 0.5) is 4.79 Å². The molecule has 38 heavy (non-hydrogen) atoms. The van der Waals surface area contributed by atoms with Crippen molar-refractivity contribution in [3.05, 3.63) is 17.8 Å². The maximum atomic E-state index is 13.5. The van der Waals surface area contributed by atoms with Crippen molar-refractivity contribution in [3.8, 4) is 5.88 Å². The van der Waals surface area contributed by atoms with Gasteiger partial charge in [0.1, 0.15) is 11.2 Å². The lowest BCUT2D eigenvalue weighted by Crippen LogP contribution is -2.59. The summed E-state index contributed by atoms with van der Waals surface area (Å²) in [6, 6.07) is 0.0830. The standard InChI is InChI=1S/C28H41N5O5/c1-16(2)15-37-23-20(14-31-33(23)7-6-26(3,4)24(35)30-5)22(34)32-21-13-28(21)18-8-17-9-19(28)12-27(10-17,11-18)38-25(29)36/h6-7,14,16-19,21H,8-13,15H2,1-5H3,(H2,29,36)(H,30,35)(H,32,34)/b7-6+. The van der Waals surface area contributed by atoms with Gasteiger partial charge in [0.05, 0.1) is 18.2 Å². The highest BCUT2D eigenvalue weighted by atomic mass is 16.6. The summed E-state index contributed by atoms with van der Waals surface area (Å²) in [5.41, 5.74) is 4.70. The molecule has 3 atom stereocenters. The van der Waals surface area contributed by atoms with Crippen LogP contribution < -0.4 is 21.1 Å². The van der Waals surface area contributed by atoms with Crippen molar-refractivity contribution in [1.29, 1.82) is 0 Å². The van der Waals surface area contributed by atoms with E-state index >= 15 is 0 Å². The summed E-state index contributed by atoms with van der Waals surface area (Å²) in [7, 11) is 1.60. The molecular formula is C28H41N5O5. The average molecular weight is 528 g/mol. The van der Waals surface area contributed by atoms with Crippen LogP contribution in [-0.4, -0.2) is 53.0 Å². The van der Waals surface area contributed by atoms with E-state index in [0.29, 0.717) is 35.8 Å². The van der Waals surface area contributed by atoms with Crippen molar-refractivity contribution in [1.82, 2.24) is 20.4 Å². The van der Waals surface area contributed by atoms with E-state index in [0.717, 1.165) is 38.5 Å². The van der Waals surface area contributed by atoms with Crippen molar-refractivity contribution in [2.75, 3.05) is 13.7 Å². The van der Waals surface area contributed by atoms with Crippen molar-refractivity contribution in [3.63, 3.8) is 0 Å². The van der Waals surface area contributed by atoms with Crippen LogP contribution in [0, 0.1) is 34.5 Å². The lowest BCUT2D eigenvalue weighted by Gasteiger charge is -2.60. The minimum Gasteiger partial charge on any atom is -0.477 e. The predicted octanol–water partition coefficient (Wildman–Crippen LogP) is 3.32. The topological polar surface area (TPSA) is 138 Å². The quantitative estimate of drug-likeness (QED) is 0.450. The summed E-state index contributed by atoms with van der Waals surface area (Å²) in [4.78, 5) is 37.3. The normalized spacial score (nSPS) is 33.1. The maximum absolute atomic E-state index is 13.5. The Morgan fingerprint density at radius 3 is 2.50 bits per heavy atom. The van der Waals surface area contributed by atoms with Crippen LogP contribution in [0.15, 0.2) is 12.3 Å². The van der Waals surface area contributed by atoms with Gasteiger partial charge >= 0.3 is 6.09 Å².